The molecule has 0 radical (unpaired) electrons. The number of hydrazone groups is 1. The van der Waals surface area contributed by atoms with Crippen LogP contribution in [-0.2, 0) is 11.3 Å². The van der Waals surface area contributed by atoms with Gasteiger partial charge in [0.05, 0.1) is 22.7 Å². The first-order valence-electron chi connectivity index (χ1n) is 7.31. The zero-order valence-electron chi connectivity index (χ0n) is 14.2. The van der Waals surface area contributed by atoms with Crippen LogP contribution < -0.4 is 10.2 Å². The van der Waals surface area contributed by atoms with Crippen molar-refractivity contribution in [2.24, 2.45) is 5.10 Å². The van der Waals surface area contributed by atoms with Crippen LogP contribution in [-0.4, -0.2) is 39.0 Å². The summed E-state index contributed by atoms with van der Waals surface area (Å²) in [5.41, 5.74) is 3.32. The van der Waals surface area contributed by atoms with Gasteiger partial charge in [0.1, 0.15) is 17.9 Å². The fourth-order valence-corrected chi connectivity index (χ4v) is 2.74. The Morgan fingerprint density at radius 3 is 2.81 bits per heavy atom. The molecule has 138 valence electrons. The van der Waals surface area contributed by atoms with E-state index in [9.17, 15) is 20.0 Å². The van der Waals surface area contributed by atoms with Gasteiger partial charge in [-0.05, 0) is 47.5 Å². The molecule has 2 N–H and O–H groups in total. The Labute approximate surface area is 156 Å². The first kappa shape index (κ1) is 19.4. The van der Waals surface area contributed by atoms with Crippen molar-refractivity contribution in [3.8, 4) is 11.5 Å². The minimum atomic E-state index is -0.527. The van der Waals surface area contributed by atoms with Gasteiger partial charge in [-0.15, -0.1) is 0 Å². The summed E-state index contributed by atoms with van der Waals surface area (Å²) in [6, 6.07) is 3.14. The van der Waals surface area contributed by atoms with Crippen molar-refractivity contribution in [3.05, 3.63) is 43.7 Å². The van der Waals surface area contributed by atoms with Gasteiger partial charge in [-0.25, -0.2) is 5.43 Å². The van der Waals surface area contributed by atoms with Crippen LogP contribution in [0, 0.1) is 24.0 Å². The van der Waals surface area contributed by atoms with E-state index in [0.29, 0.717) is 15.7 Å². The first-order valence-corrected chi connectivity index (χ1v) is 8.10. The fraction of sp³-hybridized carbons (Fsp3) is 0.267. The quantitative estimate of drug-likeness (QED) is 0.413. The van der Waals surface area contributed by atoms with Crippen LogP contribution in [0.2, 0.25) is 0 Å². The summed E-state index contributed by atoms with van der Waals surface area (Å²) in [4.78, 5) is 22.4. The van der Waals surface area contributed by atoms with Crippen LogP contribution in [0.4, 0.5) is 5.69 Å². The van der Waals surface area contributed by atoms with Crippen molar-refractivity contribution in [1.82, 2.24) is 15.2 Å². The Bertz CT molecular complexity index is 893. The number of rotatable bonds is 6. The predicted octanol–water partition coefficient (Wildman–Crippen LogP) is 2.04. The van der Waals surface area contributed by atoms with Gasteiger partial charge in [-0.3, -0.25) is 19.6 Å². The maximum Gasteiger partial charge on any atom is 0.312 e. The lowest BCUT2D eigenvalue weighted by atomic mass is 10.2. The fourth-order valence-electron chi connectivity index (χ4n) is 2.28. The Balaban J connectivity index is 2.06. The van der Waals surface area contributed by atoms with Crippen LogP contribution in [0.25, 0.3) is 0 Å². The molecule has 1 aromatic heterocycles. The maximum absolute atomic E-state index is 12.0. The second-order valence-electron chi connectivity index (χ2n) is 5.28. The van der Waals surface area contributed by atoms with Crippen molar-refractivity contribution in [2.45, 2.75) is 20.4 Å². The molecule has 10 nitrogen and oxygen atoms in total. The number of aryl methyl sites for hydroxylation is 1. The van der Waals surface area contributed by atoms with E-state index in [0.717, 1.165) is 0 Å². The van der Waals surface area contributed by atoms with E-state index in [1.165, 1.54) is 31.9 Å². The lowest BCUT2D eigenvalue weighted by Crippen LogP contribution is -2.24. The van der Waals surface area contributed by atoms with Crippen molar-refractivity contribution < 1.29 is 19.6 Å². The summed E-state index contributed by atoms with van der Waals surface area (Å²) in [6.07, 6.45) is 1.37. The number of carbonyl (C=O) groups excluding carboxylic acids is 1. The highest BCUT2D eigenvalue weighted by Crippen LogP contribution is 2.34. The number of nitrogens with one attached hydrogen (secondary N) is 1. The maximum atomic E-state index is 12.0. The molecule has 0 aliphatic carbocycles. The Morgan fingerprint density at radius 2 is 2.23 bits per heavy atom. The van der Waals surface area contributed by atoms with Gasteiger partial charge < -0.3 is 9.84 Å². The second kappa shape index (κ2) is 7.95. The van der Waals surface area contributed by atoms with Crippen LogP contribution in [0.5, 0.6) is 11.5 Å². The third-order valence-corrected chi connectivity index (χ3v) is 4.10. The van der Waals surface area contributed by atoms with E-state index in [2.05, 4.69) is 31.6 Å². The molecule has 0 saturated heterocycles. The number of phenolic OH excluding ortho intramolecular Hbond substituents is 1. The van der Waals surface area contributed by atoms with E-state index < -0.39 is 10.8 Å². The zero-order valence-corrected chi connectivity index (χ0v) is 15.8. The molecule has 26 heavy (non-hydrogen) atoms. The molecule has 0 atom stereocenters. The summed E-state index contributed by atoms with van der Waals surface area (Å²) in [6.45, 7) is 2.82. The molecule has 0 aliphatic heterocycles. The zero-order chi connectivity index (χ0) is 19.4. The lowest BCUT2D eigenvalue weighted by Gasteiger charge is -2.06. The molecule has 2 rings (SSSR count). The molecule has 1 amide bonds. The molecule has 0 bridgehead atoms. The highest BCUT2D eigenvalue weighted by atomic mass is 79.9. The highest BCUT2D eigenvalue weighted by molar-refractivity contribution is 9.10. The van der Waals surface area contributed by atoms with Gasteiger partial charge in [0, 0.05) is 0 Å². The molecule has 1 heterocycles. The number of hydrogen-bond acceptors (Lipinski definition) is 7. The highest BCUT2D eigenvalue weighted by Gasteiger charge is 2.22. The summed E-state index contributed by atoms with van der Waals surface area (Å²) in [7, 11) is 1.41. The van der Waals surface area contributed by atoms with Gasteiger partial charge >= 0.3 is 5.69 Å². The third kappa shape index (κ3) is 4.17. The summed E-state index contributed by atoms with van der Waals surface area (Å²) in [5.74, 6) is -0.284. The van der Waals surface area contributed by atoms with Crippen LogP contribution >= 0.6 is 15.9 Å². The number of hydrogen-bond donors (Lipinski definition) is 2. The number of methoxy groups -OCH3 is 1. The van der Waals surface area contributed by atoms with E-state index in [1.807, 2.05) is 0 Å². The van der Waals surface area contributed by atoms with Crippen LogP contribution in [0.15, 0.2) is 21.7 Å². The molecule has 0 unspecified atom stereocenters. The average molecular weight is 426 g/mol. The van der Waals surface area contributed by atoms with E-state index >= 15 is 0 Å². The lowest BCUT2D eigenvalue weighted by molar-refractivity contribution is -0.386. The molecule has 0 saturated carbocycles. The van der Waals surface area contributed by atoms with Crippen LogP contribution in [0.1, 0.15) is 17.0 Å². The van der Waals surface area contributed by atoms with Gasteiger partial charge in [-0.1, -0.05) is 0 Å². The molecule has 1 aromatic carbocycles. The molecular weight excluding hydrogens is 410 g/mol. The van der Waals surface area contributed by atoms with Crippen molar-refractivity contribution >= 4 is 33.7 Å². The third-order valence-electron chi connectivity index (χ3n) is 3.49. The minimum Gasteiger partial charge on any atom is -0.503 e. The van der Waals surface area contributed by atoms with Crippen molar-refractivity contribution in [1.29, 1.82) is 0 Å². The Kier molecular flexibility index (Phi) is 5.93. The number of aromatic nitrogens is 2. The topological polar surface area (TPSA) is 132 Å². The number of aromatic hydroxyl groups is 1. The Hall–Kier alpha value is -2.95. The predicted molar refractivity (Wildman–Crippen MR) is 96.5 cm³/mol. The van der Waals surface area contributed by atoms with Crippen molar-refractivity contribution in [2.75, 3.05) is 7.11 Å². The summed E-state index contributed by atoms with van der Waals surface area (Å²) < 4.78 is 6.69. The molecule has 11 heteroatoms. The molecular formula is C15H16BrN5O5. The van der Waals surface area contributed by atoms with Gasteiger partial charge in [0.25, 0.3) is 5.91 Å². The average Bonchev–Trinajstić information content (AvgIpc) is 2.84. The smallest absolute Gasteiger partial charge is 0.312 e. The number of nitrogens with zero attached hydrogens (tertiary/aromatic N) is 4. The second-order valence-corrected chi connectivity index (χ2v) is 6.14. The number of halogens is 1. The van der Waals surface area contributed by atoms with E-state index in [1.54, 1.807) is 12.1 Å². The molecule has 0 aliphatic rings. The number of amides is 1. The molecule has 2 aromatic rings. The molecule has 0 fully saturated rings. The number of phenols is 1. The summed E-state index contributed by atoms with van der Waals surface area (Å²) >= 11 is 3.19. The van der Waals surface area contributed by atoms with Gasteiger partial charge in [-0.2, -0.15) is 10.2 Å². The normalized spacial score (nSPS) is 10.9. The van der Waals surface area contributed by atoms with Crippen molar-refractivity contribution in [3.63, 3.8) is 0 Å². The number of benzene rings is 1. The van der Waals surface area contributed by atoms with Gasteiger partial charge in [0.15, 0.2) is 11.5 Å². The Morgan fingerprint density at radius 1 is 1.54 bits per heavy atom. The summed E-state index contributed by atoms with van der Waals surface area (Å²) in [5, 5.41) is 28.5. The SMILES string of the molecule is COc1cc(/C=N/NC(=O)Cn2nc(C)c([N+](=O)[O-])c2C)cc(Br)c1O. The number of ether oxygens (including phenoxy) is 1. The standard InChI is InChI=1S/C15H16BrN5O5/c1-8-14(21(24)25)9(2)20(19-8)7-13(22)18-17-6-10-4-11(16)15(23)12(5-10)26-3/h4-6,23H,7H2,1-3H3,(H,18,22)/b17-6+. The first-order chi connectivity index (χ1) is 12.2. The van der Waals surface area contributed by atoms with Crippen LogP contribution in [0.3, 0.4) is 0 Å². The number of carbonyl (C=O) groups is 1. The largest absolute Gasteiger partial charge is 0.503 e. The van der Waals surface area contributed by atoms with E-state index in [-0.39, 0.29) is 29.4 Å². The number of nitro groups is 1. The molecule has 0 spiro atoms. The van der Waals surface area contributed by atoms with E-state index in [4.69, 9.17) is 4.74 Å². The minimum absolute atomic E-state index is 0.0418. The monoisotopic (exact) mass is 425 g/mol. The van der Waals surface area contributed by atoms with Gasteiger partial charge in [0.2, 0.25) is 0 Å².